The lowest BCUT2D eigenvalue weighted by molar-refractivity contribution is 0.0697. The molecule has 1 aromatic carbocycles. The SMILES string of the molecule is Cc1ccccc1C(O)Nc1sc2c(c1C(=O)O)CCC2. The highest BCUT2D eigenvalue weighted by Crippen LogP contribution is 2.40. The maximum Gasteiger partial charge on any atom is 0.338 e. The average molecular weight is 303 g/mol. The summed E-state index contributed by atoms with van der Waals surface area (Å²) in [6.07, 6.45) is 1.86. The number of fused-ring (bicyclic) bond motifs is 1. The smallest absolute Gasteiger partial charge is 0.338 e. The van der Waals surface area contributed by atoms with E-state index < -0.39 is 12.2 Å². The van der Waals surface area contributed by atoms with Gasteiger partial charge in [0.25, 0.3) is 0 Å². The van der Waals surface area contributed by atoms with Crippen LogP contribution in [-0.4, -0.2) is 16.2 Å². The van der Waals surface area contributed by atoms with Crippen molar-refractivity contribution in [2.24, 2.45) is 0 Å². The molecule has 0 saturated heterocycles. The van der Waals surface area contributed by atoms with E-state index in [4.69, 9.17) is 0 Å². The number of aromatic carboxylic acids is 1. The van der Waals surface area contributed by atoms with Gasteiger partial charge in [0.15, 0.2) is 6.23 Å². The lowest BCUT2D eigenvalue weighted by atomic mass is 10.1. The van der Waals surface area contributed by atoms with Gasteiger partial charge in [0.1, 0.15) is 5.00 Å². The van der Waals surface area contributed by atoms with Gasteiger partial charge in [-0.25, -0.2) is 4.79 Å². The van der Waals surface area contributed by atoms with Crippen molar-refractivity contribution in [2.45, 2.75) is 32.4 Å². The summed E-state index contributed by atoms with van der Waals surface area (Å²) < 4.78 is 0. The van der Waals surface area contributed by atoms with Crippen molar-refractivity contribution in [3.05, 3.63) is 51.4 Å². The van der Waals surface area contributed by atoms with Crippen molar-refractivity contribution < 1.29 is 15.0 Å². The van der Waals surface area contributed by atoms with Gasteiger partial charge in [-0.3, -0.25) is 0 Å². The molecule has 3 N–H and O–H groups in total. The van der Waals surface area contributed by atoms with Crippen LogP contribution < -0.4 is 5.32 Å². The number of carbonyl (C=O) groups is 1. The molecular formula is C16H17NO3S. The van der Waals surface area contributed by atoms with Gasteiger partial charge in [-0.2, -0.15) is 0 Å². The molecule has 1 aliphatic carbocycles. The number of thiophene rings is 1. The summed E-state index contributed by atoms with van der Waals surface area (Å²) in [7, 11) is 0. The Morgan fingerprint density at radius 2 is 2.10 bits per heavy atom. The molecule has 0 saturated carbocycles. The molecule has 0 spiro atoms. The topological polar surface area (TPSA) is 69.6 Å². The number of hydrogen-bond acceptors (Lipinski definition) is 4. The van der Waals surface area contributed by atoms with Crippen LogP contribution in [0.1, 0.15) is 44.6 Å². The van der Waals surface area contributed by atoms with Crippen LogP contribution in [0.4, 0.5) is 5.00 Å². The third kappa shape index (κ3) is 2.54. The molecule has 3 rings (SSSR count). The molecule has 1 unspecified atom stereocenters. The molecule has 1 atom stereocenters. The number of aliphatic hydroxyl groups is 1. The van der Waals surface area contributed by atoms with E-state index in [-0.39, 0.29) is 0 Å². The predicted octanol–water partition coefficient (Wildman–Crippen LogP) is 3.35. The van der Waals surface area contributed by atoms with Gasteiger partial charge in [0, 0.05) is 10.4 Å². The van der Waals surface area contributed by atoms with E-state index in [1.165, 1.54) is 11.3 Å². The van der Waals surface area contributed by atoms with Gasteiger partial charge in [-0.05, 0) is 37.3 Å². The van der Waals surface area contributed by atoms with Gasteiger partial charge >= 0.3 is 5.97 Å². The van der Waals surface area contributed by atoms with Gasteiger partial charge in [0.2, 0.25) is 0 Å². The molecule has 0 amide bonds. The van der Waals surface area contributed by atoms with Gasteiger partial charge in [-0.15, -0.1) is 11.3 Å². The Balaban J connectivity index is 1.92. The predicted molar refractivity (Wildman–Crippen MR) is 83.1 cm³/mol. The Morgan fingerprint density at radius 1 is 1.33 bits per heavy atom. The monoisotopic (exact) mass is 303 g/mol. The van der Waals surface area contributed by atoms with Crippen molar-refractivity contribution in [2.75, 3.05) is 5.32 Å². The Labute approximate surface area is 127 Å². The largest absolute Gasteiger partial charge is 0.478 e. The third-order valence-electron chi connectivity index (χ3n) is 3.89. The van der Waals surface area contributed by atoms with Crippen LogP contribution in [0.25, 0.3) is 0 Å². The van der Waals surface area contributed by atoms with Crippen LogP contribution in [-0.2, 0) is 12.8 Å². The minimum atomic E-state index is -0.922. The van der Waals surface area contributed by atoms with E-state index in [0.717, 1.165) is 40.8 Å². The van der Waals surface area contributed by atoms with Gasteiger partial charge in [0.05, 0.1) is 5.56 Å². The number of aliphatic hydroxyl groups excluding tert-OH is 1. The molecule has 0 fully saturated rings. The molecule has 2 aromatic rings. The summed E-state index contributed by atoms with van der Waals surface area (Å²) in [5.41, 5.74) is 3.01. The fourth-order valence-electron chi connectivity index (χ4n) is 2.83. The lowest BCUT2D eigenvalue weighted by Gasteiger charge is -2.16. The van der Waals surface area contributed by atoms with E-state index in [9.17, 15) is 15.0 Å². The highest BCUT2D eigenvalue weighted by atomic mass is 32.1. The number of rotatable bonds is 4. The Hall–Kier alpha value is -1.85. The summed E-state index contributed by atoms with van der Waals surface area (Å²) in [4.78, 5) is 12.6. The van der Waals surface area contributed by atoms with Crippen molar-refractivity contribution in [3.8, 4) is 0 Å². The first kappa shape index (κ1) is 14.1. The second-order valence-electron chi connectivity index (χ2n) is 5.27. The molecule has 0 radical (unpaired) electrons. The zero-order valence-electron chi connectivity index (χ0n) is 11.7. The van der Waals surface area contributed by atoms with Crippen molar-refractivity contribution in [3.63, 3.8) is 0 Å². The summed E-state index contributed by atoms with van der Waals surface area (Å²) in [6, 6.07) is 7.54. The molecular weight excluding hydrogens is 286 g/mol. The number of carboxylic acid groups (broad SMARTS) is 1. The highest BCUT2D eigenvalue weighted by Gasteiger charge is 2.27. The highest BCUT2D eigenvalue weighted by molar-refractivity contribution is 7.16. The van der Waals surface area contributed by atoms with E-state index >= 15 is 0 Å². The Kier molecular flexibility index (Phi) is 3.69. The Morgan fingerprint density at radius 3 is 2.81 bits per heavy atom. The standard InChI is InChI=1S/C16H17NO3S/c1-9-5-2-3-6-10(9)14(18)17-15-13(16(19)20)11-7-4-8-12(11)21-15/h2-3,5-6,14,17-18H,4,7-8H2,1H3,(H,19,20). The van der Waals surface area contributed by atoms with Crippen LogP contribution in [0.2, 0.25) is 0 Å². The van der Waals surface area contributed by atoms with E-state index in [2.05, 4.69) is 5.32 Å². The first-order chi connectivity index (χ1) is 10.1. The minimum absolute atomic E-state index is 0.333. The third-order valence-corrected chi connectivity index (χ3v) is 5.11. The number of carboxylic acids is 1. The van der Waals surface area contributed by atoms with Crippen molar-refractivity contribution >= 4 is 22.3 Å². The molecule has 1 aliphatic rings. The van der Waals surface area contributed by atoms with Gasteiger partial charge in [-0.1, -0.05) is 24.3 Å². The van der Waals surface area contributed by atoms with Crippen LogP contribution in [0.5, 0.6) is 0 Å². The number of benzene rings is 1. The first-order valence-corrected chi connectivity index (χ1v) is 7.77. The zero-order chi connectivity index (χ0) is 15.0. The zero-order valence-corrected chi connectivity index (χ0v) is 12.5. The number of anilines is 1. The summed E-state index contributed by atoms with van der Waals surface area (Å²) in [6.45, 7) is 1.92. The maximum absolute atomic E-state index is 11.5. The fraction of sp³-hybridized carbons (Fsp3) is 0.312. The molecule has 1 heterocycles. The molecule has 0 bridgehead atoms. The number of nitrogens with one attached hydrogen (secondary N) is 1. The fourth-order valence-corrected chi connectivity index (χ4v) is 4.13. The van der Waals surface area contributed by atoms with Crippen molar-refractivity contribution in [1.82, 2.24) is 0 Å². The molecule has 0 aliphatic heterocycles. The molecule has 5 heteroatoms. The number of aryl methyl sites for hydroxylation is 2. The van der Waals surface area contributed by atoms with E-state index in [1.807, 2.05) is 31.2 Å². The summed E-state index contributed by atoms with van der Waals surface area (Å²) >= 11 is 1.45. The van der Waals surface area contributed by atoms with Crippen LogP contribution in [0.15, 0.2) is 24.3 Å². The van der Waals surface area contributed by atoms with Crippen LogP contribution in [0, 0.1) is 6.92 Å². The maximum atomic E-state index is 11.5. The van der Waals surface area contributed by atoms with Crippen molar-refractivity contribution in [1.29, 1.82) is 0 Å². The first-order valence-electron chi connectivity index (χ1n) is 6.96. The summed E-state index contributed by atoms with van der Waals surface area (Å²) in [5.74, 6) is -0.922. The van der Waals surface area contributed by atoms with E-state index in [0.29, 0.717) is 10.6 Å². The number of hydrogen-bond donors (Lipinski definition) is 3. The molecule has 1 aromatic heterocycles. The lowest BCUT2D eigenvalue weighted by Crippen LogP contribution is -2.13. The van der Waals surface area contributed by atoms with E-state index in [1.54, 1.807) is 0 Å². The molecule has 21 heavy (non-hydrogen) atoms. The molecule has 4 nitrogen and oxygen atoms in total. The Bertz CT molecular complexity index is 693. The second-order valence-corrected chi connectivity index (χ2v) is 6.38. The second kappa shape index (κ2) is 5.50. The normalized spacial score (nSPS) is 14.8. The molecule has 110 valence electrons. The van der Waals surface area contributed by atoms with Crippen LogP contribution >= 0.6 is 11.3 Å². The van der Waals surface area contributed by atoms with Gasteiger partial charge < -0.3 is 15.5 Å². The summed E-state index contributed by atoms with van der Waals surface area (Å²) in [5, 5.41) is 23.3. The minimum Gasteiger partial charge on any atom is -0.478 e. The van der Waals surface area contributed by atoms with Crippen LogP contribution in [0.3, 0.4) is 0 Å². The average Bonchev–Trinajstić information content (AvgIpc) is 2.98. The quantitative estimate of drug-likeness (QED) is 0.758.